The van der Waals surface area contributed by atoms with Crippen LogP contribution in [-0.4, -0.2) is 14.5 Å². The van der Waals surface area contributed by atoms with E-state index < -0.39 is 10.0 Å². The molecule has 96 valence electrons. The van der Waals surface area contributed by atoms with Gasteiger partial charge in [-0.1, -0.05) is 6.42 Å². The first-order valence-electron chi connectivity index (χ1n) is 5.84. The molecular weight excluding hydrogens is 256 g/mol. The van der Waals surface area contributed by atoms with Crippen molar-refractivity contribution in [2.75, 3.05) is 0 Å². The minimum Gasteiger partial charge on any atom is -0.326 e. The first-order valence-corrected chi connectivity index (χ1v) is 8.14. The van der Waals surface area contributed by atoms with Gasteiger partial charge in [-0.3, -0.25) is 0 Å². The van der Waals surface area contributed by atoms with Gasteiger partial charge in [0.1, 0.15) is 4.21 Å². The standard InChI is InChI=1S/C11H18N2O2S2/c1-8(9-3-2-4-9)13-17(14,15)11-6-5-10(7-12)16-11/h5-6,8-9,13H,2-4,7,12H2,1H3. The average Bonchev–Trinajstić information content (AvgIpc) is 2.62. The van der Waals surface area contributed by atoms with Gasteiger partial charge in [-0.25, -0.2) is 13.1 Å². The monoisotopic (exact) mass is 274 g/mol. The Balaban J connectivity index is 2.07. The van der Waals surface area contributed by atoms with E-state index >= 15 is 0 Å². The minimum absolute atomic E-state index is 0.0252. The molecule has 4 nitrogen and oxygen atoms in total. The van der Waals surface area contributed by atoms with Crippen molar-refractivity contribution in [3.63, 3.8) is 0 Å². The fourth-order valence-electron chi connectivity index (χ4n) is 1.95. The van der Waals surface area contributed by atoms with E-state index in [2.05, 4.69) is 4.72 Å². The van der Waals surface area contributed by atoms with E-state index in [4.69, 9.17) is 5.73 Å². The molecule has 0 aromatic carbocycles. The highest BCUT2D eigenvalue weighted by molar-refractivity contribution is 7.91. The summed E-state index contributed by atoms with van der Waals surface area (Å²) in [6.07, 6.45) is 3.47. The number of thiophene rings is 1. The second kappa shape index (κ2) is 5.06. The summed E-state index contributed by atoms with van der Waals surface area (Å²) < 4.78 is 27.3. The summed E-state index contributed by atoms with van der Waals surface area (Å²) in [6.45, 7) is 2.33. The summed E-state index contributed by atoms with van der Waals surface area (Å²) in [4.78, 5) is 0.890. The largest absolute Gasteiger partial charge is 0.326 e. The lowest BCUT2D eigenvalue weighted by Crippen LogP contribution is -2.40. The molecule has 1 saturated carbocycles. The van der Waals surface area contributed by atoms with Crippen LogP contribution in [0.1, 0.15) is 31.1 Å². The zero-order valence-electron chi connectivity index (χ0n) is 9.85. The van der Waals surface area contributed by atoms with E-state index in [9.17, 15) is 8.42 Å². The van der Waals surface area contributed by atoms with Gasteiger partial charge in [0.05, 0.1) is 0 Å². The molecule has 1 aliphatic carbocycles. The molecule has 0 radical (unpaired) electrons. The number of sulfonamides is 1. The van der Waals surface area contributed by atoms with E-state index in [0.29, 0.717) is 16.7 Å². The Labute approximate surface area is 106 Å². The zero-order valence-corrected chi connectivity index (χ0v) is 11.5. The average molecular weight is 274 g/mol. The summed E-state index contributed by atoms with van der Waals surface area (Å²) in [7, 11) is -3.36. The van der Waals surface area contributed by atoms with Crippen molar-refractivity contribution >= 4 is 21.4 Å². The maximum absolute atomic E-state index is 12.1. The highest BCUT2D eigenvalue weighted by atomic mass is 32.2. The van der Waals surface area contributed by atoms with Crippen molar-refractivity contribution < 1.29 is 8.42 Å². The van der Waals surface area contributed by atoms with E-state index in [-0.39, 0.29) is 6.04 Å². The van der Waals surface area contributed by atoms with E-state index in [1.165, 1.54) is 17.8 Å². The summed E-state index contributed by atoms with van der Waals surface area (Å²) in [5, 5.41) is 0. The number of rotatable bonds is 5. The fourth-order valence-corrected chi connectivity index (χ4v) is 4.51. The van der Waals surface area contributed by atoms with Gasteiger partial charge in [0.2, 0.25) is 10.0 Å². The molecule has 1 unspecified atom stereocenters. The quantitative estimate of drug-likeness (QED) is 0.858. The smallest absolute Gasteiger partial charge is 0.250 e. The molecular formula is C11H18N2O2S2. The highest BCUT2D eigenvalue weighted by Crippen LogP contribution is 2.30. The van der Waals surface area contributed by atoms with Crippen LogP contribution in [0.3, 0.4) is 0 Å². The first-order chi connectivity index (χ1) is 8.03. The summed E-state index contributed by atoms with van der Waals surface area (Å²) in [5.74, 6) is 0.499. The van der Waals surface area contributed by atoms with Gasteiger partial charge in [-0.05, 0) is 37.8 Å². The van der Waals surface area contributed by atoms with E-state index in [1.807, 2.05) is 6.92 Å². The van der Waals surface area contributed by atoms with E-state index in [0.717, 1.165) is 17.7 Å². The summed E-state index contributed by atoms with van der Waals surface area (Å²) in [6, 6.07) is 3.42. The van der Waals surface area contributed by atoms with Crippen LogP contribution in [0.2, 0.25) is 0 Å². The fraction of sp³-hybridized carbons (Fsp3) is 0.636. The third-order valence-corrected chi connectivity index (χ3v) is 6.46. The summed E-state index contributed by atoms with van der Waals surface area (Å²) in [5.41, 5.74) is 5.48. The van der Waals surface area contributed by atoms with Gasteiger partial charge in [0, 0.05) is 17.5 Å². The molecule has 1 fully saturated rings. The van der Waals surface area contributed by atoms with Crippen molar-refractivity contribution in [2.45, 2.75) is 43.0 Å². The van der Waals surface area contributed by atoms with Gasteiger partial charge in [0.15, 0.2) is 0 Å². The maximum atomic E-state index is 12.1. The minimum atomic E-state index is -3.36. The molecule has 0 aliphatic heterocycles. The molecule has 3 N–H and O–H groups in total. The van der Waals surface area contributed by atoms with Crippen molar-refractivity contribution in [3.8, 4) is 0 Å². The van der Waals surface area contributed by atoms with Crippen LogP contribution in [0.15, 0.2) is 16.3 Å². The van der Waals surface area contributed by atoms with Gasteiger partial charge >= 0.3 is 0 Å². The van der Waals surface area contributed by atoms with Crippen LogP contribution in [0.25, 0.3) is 0 Å². The van der Waals surface area contributed by atoms with Crippen LogP contribution in [0, 0.1) is 5.92 Å². The Kier molecular flexibility index (Phi) is 3.87. The molecule has 0 bridgehead atoms. The molecule has 1 heterocycles. The predicted molar refractivity (Wildman–Crippen MR) is 69.3 cm³/mol. The Morgan fingerprint density at radius 2 is 2.24 bits per heavy atom. The van der Waals surface area contributed by atoms with E-state index in [1.54, 1.807) is 12.1 Å². The van der Waals surface area contributed by atoms with Crippen molar-refractivity contribution in [1.82, 2.24) is 4.72 Å². The summed E-state index contributed by atoms with van der Waals surface area (Å²) >= 11 is 1.24. The van der Waals surface area contributed by atoms with Crippen LogP contribution < -0.4 is 10.5 Å². The van der Waals surface area contributed by atoms with Gasteiger partial charge in [-0.15, -0.1) is 11.3 Å². The van der Waals surface area contributed by atoms with Crippen LogP contribution in [0.4, 0.5) is 0 Å². The third-order valence-electron chi connectivity index (χ3n) is 3.30. The van der Waals surface area contributed by atoms with Crippen molar-refractivity contribution in [2.24, 2.45) is 11.7 Å². The molecule has 1 aliphatic rings. The molecule has 17 heavy (non-hydrogen) atoms. The van der Waals surface area contributed by atoms with Crippen molar-refractivity contribution in [3.05, 3.63) is 17.0 Å². The van der Waals surface area contributed by atoms with Gasteiger partial charge < -0.3 is 5.73 Å². The molecule has 0 amide bonds. The number of hydrogen-bond acceptors (Lipinski definition) is 4. The third kappa shape index (κ3) is 2.88. The Morgan fingerprint density at radius 3 is 2.71 bits per heavy atom. The molecule has 0 saturated heterocycles. The van der Waals surface area contributed by atoms with Gasteiger partial charge in [-0.2, -0.15) is 0 Å². The van der Waals surface area contributed by atoms with Crippen molar-refractivity contribution in [1.29, 1.82) is 0 Å². The van der Waals surface area contributed by atoms with Gasteiger partial charge in [0.25, 0.3) is 0 Å². The number of nitrogens with two attached hydrogens (primary N) is 1. The highest BCUT2D eigenvalue weighted by Gasteiger charge is 2.28. The maximum Gasteiger partial charge on any atom is 0.250 e. The topological polar surface area (TPSA) is 72.2 Å². The molecule has 2 rings (SSSR count). The lowest BCUT2D eigenvalue weighted by atomic mass is 9.81. The second-order valence-electron chi connectivity index (χ2n) is 4.53. The number of nitrogens with one attached hydrogen (secondary N) is 1. The molecule has 6 heteroatoms. The molecule has 0 spiro atoms. The number of hydrogen-bond donors (Lipinski definition) is 2. The normalized spacial score (nSPS) is 18.9. The lowest BCUT2D eigenvalue weighted by Gasteiger charge is -2.31. The molecule has 1 aromatic rings. The zero-order chi connectivity index (χ0) is 12.5. The lowest BCUT2D eigenvalue weighted by molar-refractivity contribution is 0.260. The van der Waals surface area contributed by atoms with Crippen LogP contribution in [0.5, 0.6) is 0 Å². The Bertz CT molecular complexity index is 477. The Hall–Kier alpha value is -0.430. The van der Waals surface area contributed by atoms with Crippen LogP contribution in [-0.2, 0) is 16.6 Å². The Morgan fingerprint density at radius 1 is 1.53 bits per heavy atom. The first kappa shape index (κ1) is 13.0. The SMILES string of the molecule is CC(NS(=O)(=O)c1ccc(CN)s1)C1CCC1. The van der Waals surface area contributed by atoms with Crippen LogP contribution >= 0.6 is 11.3 Å². The molecule has 1 atom stereocenters. The second-order valence-corrected chi connectivity index (χ2v) is 7.63. The molecule has 1 aromatic heterocycles. The predicted octanol–water partition coefficient (Wildman–Crippen LogP) is 1.67.